The van der Waals surface area contributed by atoms with E-state index in [2.05, 4.69) is 15.9 Å². The maximum atomic E-state index is 11.9. The van der Waals surface area contributed by atoms with E-state index >= 15 is 0 Å². The number of rotatable bonds is 2. The molecule has 0 aliphatic carbocycles. The quantitative estimate of drug-likeness (QED) is 0.690. The Morgan fingerprint density at radius 1 is 1.23 bits per heavy atom. The van der Waals surface area contributed by atoms with E-state index in [4.69, 9.17) is 0 Å². The van der Waals surface area contributed by atoms with E-state index in [0.717, 1.165) is 6.54 Å². The van der Waals surface area contributed by atoms with Crippen LogP contribution in [0.1, 0.15) is 41.5 Å². The molecule has 13 heavy (non-hydrogen) atoms. The normalized spacial score (nSPS) is 12.8. The lowest BCUT2D eigenvalue weighted by molar-refractivity contribution is -0.137. The van der Waals surface area contributed by atoms with Crippen molar-refractivity contribution in [2.75, 3.05) is 6.54 Å². The summed E-state index contributed by atoms with van der Waals surface area (Å²) in [6, 6.07) is 0. The highest BCUT2D eigenvalue weighted by Gasteiger charge is 2.33. The average Bonchev–Trinajstić information content (AvgIpc) is 1.83. The number of hydrogen-bond donors (Lipinski definition) is 0. The summed E-state index contributed by atoms with van der Waals surface area (Å²) in [4.78, 5) is 13.8. The van der Waals surface area contributed by atoms with Gasteiger partial charge in [-0.2, -0.15) is 0 Å². The number of hydrogen-bond acceptors (Lipinski definition) is 1. The van der Waals surface area contributed by atoms with Gasteiger partial charge in [0.2, 0.25) is 5.91 Å². The molecule has 0 N–H and O–H groups in total. The molecule has 0 fully saturated rings. The molecule has 3 heteroatoms. The van der Waals surface area contributed by atoms with Crippen LogP contribution in [0.3, 0.4) is 0 Å². The van der Waals surface area contributed by atoms with Crippen molar-refractivity contribution in [3.8, 4) is 0 Å². The standard InChI is InChI=1S/C10H20BrNO/c1-7-12(9(2,3)4)8(13)10(5,6)11/h7H2,1-6H3. The van der Waals surface area contributed by atoms with Crippen molar-refractivity contribution < 1.29 is 4.79 Å². The molecular weight excluding hydrogens is 230 g/mol. The Morgan fingerprint density at radius 3 is 1.69 bits per heavy atom. The summed E-state index contributed by atoms with van der Waals surface area (Å²) in [6.45, 7) is 12.7. The Bertz CT molecular complexity index is 188. The van der Waals surface area contributed by atoms with Gasteiger partial charge in [-0.3, -0.25) is 4.79 Å². The van der Waals surface area contributed by atoms with Gasteiger partial charge in [0.15, 0.2) is 0 Å². The van der Waals surface area contributed by atoms with Crippen LogP contribution in [0.15, 0.2) is 0 Å². The Kier molecular flexibility index (Phi) is 3.97. The highest BCUT2D eigenvalue weighted by atomic mass is 79.9. The zero-order valence-electron chi connectivity index (χ0n) is 9.44. The lowest BCUT2D eigenvalue weighted by atomic mass is 10.0. The van der Waals surface area contributed by atoms with Gasteiger partial charge in [-0.15, -0.1) is 0 Å². The molecule has 0 spiro atoms. The van der Waals surface area contributed by atoms with Crippen LogP contribution in [0.5, 0.6) is 0 Å². The number of halogens is 1. The molecule has 0 bridgehead atoms. The SMILES string of the molecule is CCN(C(=O)C(C)(C)Br)C(C)(C)C. The summed E-state index contributed by atoms with van der Waals surface area (Å²) in [7, 11) is 0. The monoisotopic (exact) mass is 249 g/mol. The molecule has 0 radical (unpaired) electrons. The van der Waals surface area contributed by atoms with E-state index in [9.17, 15) is 4.79 Å². The van der Waals surface area contributed by atoms with Crippen LogP contribution >= 0.6 is 15.9 Å². The number of nitrogens with zero attached hydrogens (tertiary/aromatic N) is 1. The van der Waals surface area contributed by atoms with Crippen LogP contribution in [0.2, 0.25) is 0 Å². The van der Waals surface area contributed by atoms with Crippen molar-refractivity contribution in [3.63, 3.8) is 0 Å². The molecule has 2 nitrogen and oxygen atoms in total. The van der Waals surface area contributed by atoms with Gasteiger partial charge in [0.1, 0.15) is 0 Å². The second-order valence-corrected chi connectivity index (χ2v) is 6.68. The second-order valence-electron chi connectivity index (χ2n) is 4.69. The van der Waals surface area contributed by atoms with Crippen molar-refractivity contribution in [2.45, 2.75) is 51.4 Å². The van der Waals surface area contributed by atoms with Gasteiger partial charge in [0, 0.05) is 12.1 Å². The number of carbonyl (C=O) groups is 1. The maximum Gasteiger partial charge on any atom is 0.239 e. The fraction of sp³-hybridized carbons (Fsp3) is 0.900. The molecule has 0 rings (SSSR count). The lowest BCUT2D eigenvalue weighted by Gasteiger charge is -2.38. The Balaban J connectivity index is 4.72. The second kappa shape index (κ2) is 3.99. The van der Waals surface area contributed by atoms with Gasteiger partial charge in [0.25, 0.3) is 0 Å². The minimum atomic E-state index is -0.462. The van der Waals surface area contributed by atoms with E-state index in [1.54, 1.807) is 0 Å². The molecule has 0 saturated heterocycles. The maximum absolute atomic E-state index is 11.9. The highest BCUT2D eigenvalue weighted by molar-refractivity contribution is 9.10. The van der Waals surface area contributed by atoms with E-state index in [-0.39, 0.29) is 11.4 Å². The zero-order valence-corrected chi connectivity index (χ0v) is 11.0. The molecule has 0 heterocycles. The first kappa shape index (κ1) is 12.9. The van der Waals surface area contributed by atoms with Crippen LogP contribution in [0.4, 0.5) is 0 Å². The molecule has 78 valence electrons. The first-order chi connectivity index (χ1) is 5.60. The van der Waals surface area contributed by atoms with E-state index in [0.29, 0.717) is 0 Å². The third-order valence-corrected chi connectivity index (χ3v) is 2.22. The topological polar surface area (TPSA) is 20.3 Å². The fourth-order valence-electron chi connectivity index (χ4n) is 1.24. The third kappa shape index (κ3) is 3.67. The molecule has 1 amide bonds. The Morgan fingerprint density at radius 2 is 1.62 bits per heavy atom. The van der Waals surface area contributed by atoms with Gasteiger partial charge in [-0.05, 0) is 41.5 Å². The van der Waals surface area contributed by atoms with Gasteiger partial charge in [0.05, 0.1) is 4.32 Å². The van der Waals surface area contributed by atoms with Crippen molar-refractivity contribution in [1.29, 1.82) is 0 Å². The summed E-state index contributed by atoms with van der Waals surface area (Å²) in [6.07, 6.45) is 0. The predicted octanol–water partition coefficient (Wildman–Crippen LogP) is 2.81. The zero-order chi connectivity index (χ0) is 10.9. The van der Waals surface area contributed by atoms with Gasteiger partial charge >= 0.3 is 0 Å². The third-order valence-electron chi connectivity index (χ3n) is 1.88. The van der Waals surface area contributed by atoms with Crippen LogP contribution in [0, 0.1) is 0 Å². The molecule has 0 aliphatic rings. The van der Waals surface area contributed by atoms with Gasteiger partial charge < -0.3 is 4.90 Å². The first-order valence-electron chi connectivity index (χ1n) is 4.61. The highest BCUT2D eigenvalue weighted by Crippen LogP contribution is 2.24. The molecule has 0 saturated carbocycles. The van der Waals surface area contributed by atoms with Crippen molar-refractivity contribution in [2.24, 2.45) is 0 Å². The first-order valence-corrected chi connectivity index (χ1v) is 5.41. The summed E-state index contributed by atoms with van der Waals surface area (Å²) in [5.41, 5.74) is -0.100. The van der Waals surface area contributed by atoms with E-state index in [1.165, 1.54) is 0 Å². The van der Waals surface area contributed by atoms with Crippen LogP contribution in [0.25, 0.3) is 0 Å². The molecule has 0 atom stereocenters. The predicted molar refractivity (Wildman–Crippen MR) is 60.1 cm³/mol. The molecular formula is C10H20BrNO. The van der Waals surface area contributed by atoms with Crippen LogP contribution in [-0.2, 0) is 4.79 Å². The molecule has 0 unspecified atom stereocenters. The molecule has 0 aromatic rings. The number of alkyl halides is 1. The molecule has 0 aromatic heterocycles. The summed E-state index contributed by atoms with van der Waals surface area (Å²) >= 11 is 3.39. The summed E-state index contributed by atoms with van der Waals surface area (Å²) in [5, 5.41) is 0. The largest absolute Gasteiger partial charge is 0.337 e. The van der Waals surface area contributed by atoms with Gasteiger partial charge in [-0.1, -0.05) is 15.9 Å². The summed E-state index contributed by atoms with van der Waals surface area (Å²) in [5.74, 6) is 0.141. The Hall–Kier alpha value is -0.0500. The fourth-order valence-corrected chi connectivity index (χ4v) is 1.46. The smallest absolute Gasteiger partial charge is 0.239 e. The summed E-state index contributed by atoms with van der Waals surface area (Å²) < 4.78 is -0.462. The van der Waals surface area contributed by atoms with E-state index < -0.39 is 4.32 Å². The number of amides is 1. The minimum absolute atomic E-state index is 0.100. The molecule has 0 aliphatic heterocycles. The van der Waals surface area contributed by atoms with Crippen molar-refractivity contribution in [3.05, 3.63) is 0 Å². The average molecular weight is 250 g/mol. The minimum Gasteiger partial charge on any atom is -0.337 e. The Labute approximate surface area is 89.8 Å². The molecule has 0 aromatic carbocycles. The van der Waals surface area contributed by atoms with Gasteiger partial charge in [-0.25, -0.2) is 0 Å². The lowest BCUT2D eigenvalue weighted by Crippen LogP contribution is -2.51. The van der Waals surface area contributed by atoms with Crippen molar-refractivity contribution >= 4 is 21.8 Å². The van der Waals surface area contributed by atoms with E-state index in [1.807, 2.05) is 46.4 Å². The van der Waals surface area contributed by atoms with Crippen LogP contribution in [-0.4, -0.2) is 27.2 Å². The number of carbonyl (C=O) groups excluding carboxylic acids is 1. The van der Waals surface area contributed by atoms with Crippen molar-refractivity contribution in [1.82, 2.24) is 4.90 Å². The van der Waals surface area contributed by atoms with Crippen LogP contribution < -0.4 is 0 Å².